The Balaban J connectivity index is 1.21. The molecule has 3 aromatic rings. The average molecular weight is 377 g/mol. The van der Waals surface area contributed by atoms with Crippen molar-refractivity contribution in [3.63, 3.8) is 0 Å². The monoisotopic (exact) mass is 377 g/mol. The molecule has 0 bridgehead atoms. The van der Waals surface area contributed by atoms with Crippen molar-refractivity contribution in [1.29, 1.82) is 0 Å². The Hall–Kier alpha value is -3.41. The highest BCUT2D eigenvalue weighted by atomic mass is 16.7. The molecule has 0 fully saturated rings. The van der Waals surface area contributed by atoms with Crippen LogP contribution in [0.4, 0.5) is 5.69 Å². The lowest BCUT2D eigenvalue weighted by molar-refractivity contribution is 0.0992. The Morgan fingerprint density at radius 1 is 0.964 bits per heavy atom. The van der Waals surface area contributed by atoms with Gasteiger partial charge in [0, 0.05) is 11.8 Å². The first kappa shape index (κ1) is 16.7. The Morgan fingerprint density at radius 2 is 1.86 bits per heavy atom. The zero-order valence-corrected chi connectivity index (χ0v) is 15.2. The van der Waals surface area contributed by atoms with Crippen molar-refractivity contribution in [2.75, 3.05) is 12.1 Å². The van der Waals surface area contributed by atoms with Crippen LogP contribution >= 0.6 is 0 Å². The number of carbonyl (C=O) groups is 1. The number of anilines is 1. The highest BCUT2D eigenvalue weighted by molar-refractivity contribution is 6.02. The van der Waals surface area contributed by atoms with Gasteiger partial charge in [-0.25, -0.2) is 0 Å². The summed E-state index contributed by atoms with van der Waals surface area (Å²) < 4.78 is 22.0. The van der Waals surface area contributed by atoms with Crippen LogP contribution in [-0.2, 0) is 19.4 Å². The van der Waals surface area contributed by atoms with Gasteiger partial charge in [0.1, 0.15) is 18.1 Å². The van der Waals surface area contributed by atoms with Gasteiger partial charge in [-0.05, 0) is 66.8 Å². The van der Waals surface area contributed by atoms with Crippen LogP contribution in [0.15, 0.2) is 52.9 Å². The maximum absolute atomic E-state index is 12.5. The number of ether oxygens (including phenoxy) is 3. The third kappa shape index (κ3) is 3.29. The van der Waals surface area contributed by atoms with Crippen LogP contribution < -0.4 is 19.5 Å². The summed E-state index contributed by atoms with van der Waals surface area (Å²) in [5.74, 6) is 2.56. The lowest BCUT2D eigenvalue weighted by Gasteiger charge is -2.06. The summed E-state index contributed by atoms with van der Waals surface area (Å²) in [5.41, 5.74) is 3.48. The van der Waals surface area contributed by atoms with Crippen molar-refractivity contribution in [1.82, 2.24) is 0 Å². The molecule has 2 aliphatic rings. The van der Waals surface area contributed by atoms with Gasteiger partial charge in [0.2, 0.25) is 6.79 Å². The molecule has 0 spiro atoms. The molecule has 0 unspecified atom stereocenters. The SMILES string of the molecule is O=C(Nc1ccc2c(c1)CCC2)c1ccc(COc2ccc3c(c2)OCO3)o1. The smallest absolute Gasteiger partial charge is 0.291 e. The van der Waals surface area contributed by atoms with Crippen molar-refractivity contribution >= 4 is 11.6 Å². The number of rotatable bonds is 5. The van der Waals surface area contributed by atoms with Crippen LogP contribution in [0, 0.1) is 0 Å². The molecule has 5 rings (SSSR count). The van der Waals surface area contributed by atoms with Crippen LogP contribution in [0.3, 0.4) is 0 Å². The molecule has 1 aliphatic carbocycles. The number of benzene rings is 2. The molecule has 1 aliphatic heterocycles. The van der Waals surface area contributed by atoms with Crippen molar-refractivity contribution in [3.05, 3.63) is 71.2 Å². The van der Waals surface area contributed by atoms with Crippen LogP contribution in [0.2, 0.25) is 0 Å². The minimum absolute atomic E-state index is 0.214. The van der Waals surface area contributed by atoms with E-state index in [0.29, 0.717) is 23.0 Å². The largest absolute Gasteiger partial charge is 0.486 e. The van der Waals surface area contributed by atoms with Crippen LogP contribution in [0.1, 0.15) is 33.9 Å². The molecule has 1 aromatic heterocycles. The molecular formula is C22H19NO5. The van der Waals surface area contributed by atoms with E-state index in [1.807, 2.05) is 12.1 Å². The van der Waals surface area contributed by atoms with E-state index < -0.39 is 0 Å². The van der Waals surface area contributed by atoms with Gasteiger partial charge in [-0.2, -0.15) is 0 Å². The van der Waals surface area contributed by atoms with E-state index >= 15 is 0 Å². The lowest BCUT2D eigenvalue weighted by atomic mass is 10.1. The molecule has 0 atom stereocenters. The number of hydrogen-bond donors (Lipinski definition) is 1. The van der Waals surface area contributed by atoms with E-state index in [-0.39, 0.29) is 25.1 Å². The van der Waals surface area contributed by atoms with Crippen LogP contribution in [0.25, 0.3) is 0 Å². The third-order valence-electron chi connectivity index (χ3n) is 4.97. The maximum Gasteiger partial charge on any atom is 0.291 e. The van der Waals surface area contributed by atoms with Gasteiger partial charge in [-0.15, -0.1) is 0 Å². The number of nitrogens with one attached hydrogen (secondary N) is 1. The molecule has 0 saturated carbocycles. The summed E-state index contributed by atoms with van der Waals surface area (Å²) in [6.07, 6.45) is 3.37. The summed E-state index contributed by atoms with van der Waals surface area (Å²) >= 11 is 0. The van der Waals surface area contributed by atoms with Gasteiger partial charge >= 0.3 is 0 Å². The zero-order chi connectivity index (χ0) is 18.9. The third-order valence-corrected chi connectivity index (χ3v) is 4.97. The van der Waals surface area contributed by atoms with Gasteiger partial charge < -0.3 is 23.9 Å². The van der Waals surface area contributed by atoms with Gasteiger partial charge in [0.05, 0.1) is 0 Å². The summed E-state index contributed by atoms with van der Waals surface area (Å²) in [5, 5.41) is 2.90. The van der Waals surface area contributed by atoms with E-state index in [0.717, 1.165) is 18.5 Å². The van der Waals surface area contributed by atoms with Crippen molar-refractivity contribution < 1.29 is 23.4 Å². The average Bonchev–Trinajstić information content (AvgIpc) is 3.45. The molecule has 1 N–H and O–H groups in total. The predicted octanol–water partition coefficient (Wildman–Crippen LogP) is 4.33. The van der Waals surface area contributed by atoms with Gasteiger partial charge in [0.15, 0.2) is 17.3 Å². The number of furan rings is 1. The number of amides is 1. The standard InChI is InChI=1S/C22H19NO5/c24-22(23-16-5-4-14-2-1-3-15(14)10-16)20-9-7-18(28-20)12-25-17-6-8-19-21(11-17)27-13-26-19/h4-11H,1-3,12-13H2,(H,23,24). The summed E-state index contributed by atoms with van der Waals surface area (Å²) in [4.78, 5) is 12.5. The van der Waals surface area contributed by atoms with Crippen molar-refractivity contribution in [2.45, 2.75) is 25.9 Å². The molecular weight excluding hydrogens is 358 g/mol. The highest BCUT2D eigenvalue weighted by Gasteiger charge is 2.16. The number of carbonyl (C=O) groups excluding carboxylic acids is 1. The summed E-state index contributed by atoms with van der Waals surface area (Å²) in [6, 6.07) is 14.8. The van der Waals surface area contributed by atoms with Gasteiger partial charge in [-0.1, -0.05) is 6.07 Å². The molecule has 2 aromatic carbocycles. The number of hydrogen-bond acceptors (Lipinski definition) is 5. The van der Waals surface area contributed by atoms with Gasteiger partial charge in [-0.3, -0.25) is 4.79 Å². The van der Waals surface area contributed by atoms with E-state index in [9.17, 15) is 4.79 Å². The molecule has 0 radical (unpaired) electrons. The van der Waals surface area contributed by atoms with Crippen molar-refractivity contribution in [2.24, 2.45) is 0 Å². The number of aryl methyl sites for hydroxylation is 2. The zero-order valence-electron chi connectivity index (χ0n) is 15.2. The van der Waals surface area contributed by atoms with Crippen LogP contribution in [0.5, 0.6) is 17.2 Å². The molecule has 142 valence electrons. The lowest BCUT2D eigenvalue weighted by Crippen LogP contribution is -2.11. The first-order chi connectivity index (χ1) is 13.7. The molecule has 2 heterocycles. The predicted molar refractivity (Wildman–Crippen MR) is 102 cm³/mol. The minimum atomic E-state index is -0.271. The second kappa shape index (κ2) is 6.96. The Morgan fingerprint density at radius 3 is 2.82 bits per heavy atom. The topological polar surface area (TPSA) is 69.9 Å². The normalized spacial score (nSPS) is 14.0. The molecule has 6 heteroatoms. The fourth-order valence-electron chi connectivity index (χ4n) is 3.54. The summed E-state index contributed by atoms with van der Waals surface area (Å²) in [7, 11) is 0. The van der Waals surface area contributed by atoms with Crippen molar-refractivity contribution in [3.8, 4) is 17.2 Å². The Kier molecular flexibility index (Phi) is 4.16. The van der Waals surface area contributed by atoms with Gasteiger partial charge in [0.25, 0.3) is 5.91 Å². The first-order valence-electron chi connectivity index (χ1n) is 9.29. The first-order valence-corrected chi connectivity index (χ1v) is 9.29. The minimum Gasteiger partial charge on any atom is -0.486 e. The molecule has 28 heavy (non-hydrogen) atoms. The van der Waals surface area contributed by atoms with Crippen LogP contribution in [-0.4, -0.2) is 12.7 Å². The second-order valence-electron chi connectivity index (χ2n) is 6.86. The fourth-order valence-corrected chi connectivity index (χ4v) is 3.54. The Bertz CT molecular complexity index is 1040. The van der Waals surface area contributed by atoms with E-state index in [1.54, 1.807) is 30.3 Å². The fraction of sp³-hybridized carbons (Fsp3) is 0.227. The van der Waals surface area contributed by atoms with E-state index in [4.69, 9.17) is 18.6 Å². The quantitative estimate of drug-likeness (QED) is 0.717. The molecule has 6 nitrogen and oxygen atoms in total. The molecule has 1 amide bonds. The maximum atomic E-state index is 12.5. The second-order valence-corrected chi connectivity index (χ2v) is 6.86. The highest BCUT2D eigenvalue weighted by Crippen LogP contribution is 2.35. The number of fused-ring (bicyclic) bond motifs is 2. The molecule has 0 saturated heterocycles. The van der Waals surface area contributed by atoms with E-state index in [1.165, 1.54) is 17.5 Å². The summed E-state index contributed by atoms with van der Waals surface area (Å²) in [6.45, 7) is 0.436. The van der Waals surface area contributed by atoms with E-state index in [2.05, 4.69) is 11.4 Å². The Labute approximate surface area is 162 Å².